The zero-order valence-corrected chi connectivity index (χ0v) is 8.24. The van der Waals surface area contributed by atoms with Crippen LogP contribution >= 0.6 is 0 Å². The molecule has 2 aromatic rings. The van der Waals surface area contributed by atoms with Crippen LogP contribution in [0.4, 0.5) is 0 Å². The van der Waals surface area contributed by atoms with Crippen molar-refractivity contribution in [2.45, 2.75) is 19.9 Å². The maximum Gasteiger partial charge on any atom is 0.134 e. The highest BCUT2D eigenvalue weighted by molar-refractivity contribution is 5.81. The first-order valence-corrected chi connectivity index (χ1v) is 4.61. The number of hydrogen-bond donors (Lipinski definition) is 2. The van der Waals surface area contributed by atoms with Crippen LogP contribution in [-0.4, -0.2) is 5.21 Å². The Morgan fingerprint density at radius 1 is 1.36 bits per heavy atom. The van der Waals surface area contributed by atoms with Gasteiger partial charge in [0.25, 0.3) is 0 Å². The summed E-state index contributed by atoms with van der Waals surface area (Å²) < 4.78 is 5.63. The van der Waals surface area contributed by atoms with Crippen LogP contribution in [0, 0.1) is 6.92 Å². The number of aryl methyl sites for hydroxylation is 1. The van der Waals surface area contributed by atoms with E-state index >= 15 is 0 Å². The maximum absolute atomic E-state index is 8.83. The van der Waals surface area contributed by atoms with Gasteiger partial charge in [-0.3, -0.25) is 0 Å². The molecule has 0 aliphatic carbocycles. The molecule has 2 rings (SSSR count). The van der Waals surface area contributed by atoms with E-state index in [2.05, 4.69) is 5.48 Å². The third-order valence-corrected chi connectivity index (χ3v) is 2.47. The van der Waals surface area contributed by atoms with Gasteiger partial charge in [-0.1, -0.05) is 18.2 Å². The lowest BCUT2D eigenvalue weighted by Crippen LogP contribution is -2.13. The maximum atomic E-state index is 8.83. The number of nitrogens with one attached hydrogen (secondary N) is 1. The Labute approximate surface area is 82.3 Å². The summed E-state index contributed by atoms with van der Waals surface area (Å²) in [5.41, 5.74) is 4.13. The van der Waals surface area contributed by atoms with Crippen LogP contribution < -0.4 is 5.48 Å². The second-order valence-electron chi connectivity index (χ2n) is 3.44. The van der Waals surface area contributed by atoms with Crippen LogP contribution in [-0.2, 0) is 0 Å². The summed E-state index contributed by atoms with van der Waals surface area (Å²) in [4.78, 5) is 0. The van der Waals surface area contributed by atoms with Crippen LogP contribution in [0.1, 0.15) is 24.3 Å². The normalized spacial score (nSPS) is 13.4. The van der Waals surface area contributed by atoms with Crippen molar-refractivity contribution in [2.24, 2.45) is 0 Å². The van der Waals surface area contributed by atoms with Crippen LogP contribution in [0.15, 0.2) is 28.7 Å². The summed E-state index contributed by atoms with van der Waals surface area (Å²) in [5, 5.41) is 9.93. The van der Waals surface area contributed by atoms with Crippen molar-refractivity contribution >= 4 is 11.0 Å². The molecule has 0 aliphatic heterocycles. The van der Waals surface area contributed by atoms with Crippen molar-refractivity contribution in [1.29, 1.82) is 0 Å². The number of fused-ring (bicyclic) bond motifs is 1. The van der Waals surface area contributed by atoms with Gasteiger partial charge in [-0.25, -0.2) is 0 Å². The second kappa shape index (κ2) is 3.44. The summed E-state index contributed by atoms with van der Waals surface area (Å²) in [6.07, 6.45) is 0. The molecule has 74 valence electrons. The lowest BCUT2D eigenvalue weighted by Gasteiger charge is -2.05. The average Bonchev–Trinajstić information content (AvgIpc) is 2.56. The fourth-order valence-corrected chi connectivity index (χ4v) is 1.66. The van der Waals surface area contributed by atoms with E-state index in [0.717, 1.165) is 22.3 Å². The van der Waals surface area contributed by atoms with Gasteiger partial charge in [0.1, 0.15) is 11.3 Å². The fourth-order valence-electron chi connectivity index (χ4n) is 1.66. The highest BCUT2D eigenvalue weighted by Crippen LogP contribution is 2.28. The van der Waals surface area contributed by atoms with Crippen molar-refractivity contribution in [1.82, 2.24) is 5.48 Å². The molecule has 2 N–H and O–H groups in total. The largest absolute Gasteiger partial charge is 0.459 e. The predicted octanol–water partition coefficient (Wildman–Crippen LogP) is 2.78. The number of furan rings is 1. The van der Waals surface area contributed by atoms with E-state index in [1.54, 1.807) is 0 Å². The van der Waals surface area contributed by atoms with Gasteiger partial charge in [0.2, 0.25) is 0 Å². The molecule has 1 heterocycles. The van der Waals surface area contributed by atoms with Crippen LogP contribution in [0.25, 0.3) is 11.0 Å². The topological polar surface area (TPSA) is 45.4 Å². The zero-order chi connectivity index (χ0) is 10.1. The van der Waals surface area contributed by atoms with Crippen LogP contribution in [0.3, 0.4) is 0 Å². The van der Waals surface area contributed by atoms with E-state index < -0.39 is 0 Å². The van der Waals surface area contributed by atoms with Gasteiger partial charge in [-0.15, -0.1) is 0 Å². The molecule has 0 fully saturated rings. The Bertz CT molecular complexity index is 447. The average molecular weight is 191 g/mol. The molecule has 0 radical (unpaired) electrons. The fraction of sp³-hybridized carbons (Fsp3) is 0.273. The number of rotatable bonds is 2. The molecule has 1 aromatic heterocycles. The second-order valence-corrected chi connectivity index (χ2v) is 3.44. The molecule has 3 nitrogen and oxygen atoms in total. The number of hydrogen-bond acceptors (Lipinski definition) is 3. The molecule has 0 bridgehead atoms. The first-order valence-electron chi connectivity index (χ1n) is 4.61. The Balaban J connectivity index is 2.62. The number of hydroxylamine groups is 1. The minimum Gasteiger partial charge on any atom is -0.459 e. The molecule has 3 heteroatoms. The summed E-state index contributed by atoms with van der Waals surface area (Å²) in [5.74, 6) is 0.786. The summed E-state index contributed by atoms with van der Waals surface area (Å²) in [6.45, 7) is 3.85. The van der Waals surface area contributed by atoms with Crippen molar-refractivity contribution in [2.75, 3.05) is 0 Å². The highest BCUT2D eigenvalue weighted by atomic mass is 16.5. The number of benzene rings is 1. The molecule has 0 aliphatic rings. The summed E-state index contributed by atoms with van der Waals surface area (Å²) in [6, 6.07) is 7.68. The third kappa shape index (κ3) is 1.31. The van der Waals surface area contributed by atoms with Gasteiger partial charge in [-0.2, -0.15) is 5.48 Å². The van der Waals surface area contributed by atoms with E-state index in [1.165, 1.54) is 0 Å². The SMILES string of the molecule is Cc1c([C@@H](C)NO)oc2ccccc12. The third-order valence-electron chi connectivity index (χ3n) is 2.47. The Morgan fingerprint density at radius 2 is 2.07 bits per heavy atom. The lowest BCUT2D eigenvalue weighted by atomic mass is 10.1. The molecule has 1 atom stereocenters. The van der Waals surface area contributed by atoms with Gasteiger partial charge in [0.15, 0.2) is 0 Å². The molecular formula is C11H13NO2. The molecule has 14 heavy (non-hydrogen) atoms. The van der Waals surface area contributed by atoms with Crippen LogP contribution in [0.2, 0.25) is 0 Å². The molecule has 0 unspecified atom stereocenters. The van der Waals surface area contributed by atoms with Gasteiger partial charge in [0.05, 0.1) is 6.04 Å². The molecule has 1 aromatic carbocycles. The molecule has 0 saturated heterocycles. The summed E-state index contributed by atoms with van der Waals surface area (Å²) >= 11 is 0. The van der Waals surface area contributed by atoms with Gasteiger partial charge in [-0.05, 0) is 19.9 Å². The highest BCUT2D eigenvalue weighted by Gasteiger charge is 2.14. The van der Waals surface area contributed by atoms with E-state index in [1.807, 2.05) is 38.1 Å². The Morgan fingerprint density at radius 3 is 2.71 bits per heavy atom. The van der Waals surface area contributed by atoms with Crippen molar-refractivity contribution < 1.29 is 9.62 Å². The quantitative estimate of drug-likeness (QED) is 0.717. The minimum atomic E-state index is -0.178. The molecule has 0 spiro atoms. The minimum absolute atomic E-state index is 0.178. The monoisotopic (exact) mass is 191 g/mol. The van der Waals surface area contributed by atoms with E-state index in [9.17, 15) is 0 Å². The Hall–Kier alpha value is -1.32. The van der Waals surface area contributed by atoms with Crippen molar-refractivity contribution in [3.05, 3.63) is 35.6 Å². The van der Waals surface area contributed by atoms with Crippen LogP contribution in [0.5, 0.6) is 0 Å². The van der Waals surface area contributed by atoms with E-state index in [0.29, 0.717) is 0 Å². The van der Waals surface area contributed by atoms with Crippen molar-refractivity contribution in [3.63, 3.8) is 0 Å². The molecule has 0 amide bonds. The smallest absolute Gasteiger partial charge is 0.134 e. The lowest BCUT2D eigenvalue weighted by molar-refractivity contribution is 0.124. The Kier molecular flexibility index (Phi) is 2.27. The van der Waals surface area contributed by atoms with E-state index in [4.69, 9.17) is 9.62 Å². The van der Waals surface area contributed by atoms with Gasteiger partial charge >= 0.3 is 0 Å². The predicted molar refractivity (Wildman–Crippen MR) is 54.3 cm³/mol. The van der Waals surface area contributed by atoms with Crippen molar-refractivity contribution in [3.8, 4) is 0 Å². The van der Waals surface area contributed by atoms with Gasteiger partial charge in [0, 0.05) is 10.9 Å². The molecular weight excluding hydrogens is 178 g/mol. The van der Waals surface area contributed by atoms with Gasteiger partial charge < -0.3 is 9.62 Å². The summed E-state index contributed by atoms with van der Waals surface area (Å²) in [7, 11) is 0. The first kappa shape index (κ1) is 9.24. The zero-order valence-electron chi connectivity index (χ0n) is 8.24. The molecule has 0 saturated carbocycles. The first-order chi connectivity index (χ1) is 6.74. The standard InChI is InChI=1S/C11H13NO2/c1-7-9-5-3-4-6-10(9)14-11(7)8(2)12-13/h3-6,8,12-13H,1-2H3/t8-/m1/s1. The van der Waals surface area contributed by atoms with E-state index in [-0.39, 0.29) is 6.04 Å². The number of para-hydroxylation sites is 1.